The fourth-order valence-corrected chi connectivity index (χ4v) is 7.48. The lowest BCUT2D eigenvalue weighted by Crippen LogP contribution is -2.44. The van der Waals surface area contributed by atoms with E-state index in [1.807, 2.05) is 0 Å². The Hall–Kier alpha value is -3.08. The molecule has 5 rings (SSSR count). The van der Waals surface area contributed by atoms with E-state index in [1.165, 1.54) is 18.1 Å². The van der Waals surface area contributed by atoms with Crippen molar-refractivity contribution in [1.29, 1.82) is 0 Å². The van der Waals surface area contributed by atoms with Gasteiger partial charge in [-0.1, -0.05) is 31.5 Å². The monoisotopic (exact) mass is 609 g/mol. The molecule has 42 heavy (non-hydrogen) atoms. The molecule has 0 radical (unpaired) electrons. The summed E-state index contributed by atoms with van der Waals surface area (Å²) in [5, 5.41) is 13.7. The van der Waals surface area contributed by atoms with Crippen molar-refractivity contribution in [2.24, 2.45) is 22.7 Å². The quantitative estimate of drug-likeness (QED) is 0.342. The van der Waals surface area contributed by atoms with Gasteiger partial charge in [0.05, 0.1) is 47.5 Å². The number of aliphatic carboxylic acids is 1. The number of carboxylic acid groups (broad SMARTS) is 1. The highest BCUT2D eigenvalue weighted by Gasteiger charge is 2.63. The SMILES string of the molecule is COc1cccc(Cl)c1C(=O)CN(C(=O)c1cnn(C2CCC(C)(C(=O)O)CC2)c1C(F)(F)F)[C@H]1C[C@@H]2[C@H](C1)C2(C)C. The second kappa shape index (κ2) is 10.6. The fraction of sp³-hybridized carbons (Fsp3) is 0.600. The molecule has 1 N–H and O–H groups in total. The summed E-state index contributed by atoms with van der Waals surface area (Å²) in [6.45, 7) is 5.39. The summed E-state index contributed by atoms with van der Waals surface area (Å²) < 4.78 is 49.9. The van der Waals surface area contributed by atoms with Crippen LogP contribution in [0.1, 0.15) is 91.7 Å². The first-order chi connectivity index (χ1) is 19.6. The van der Waals surface area contributed by atoms with E-state index in [4.69, 9.17) is 16.3 Å². The molecule has 3 saturated carbocycles. The van der Waals surface area contributed by atoms with Crippen LogP contribution < -0.4 is 4.74 Å². The number of ether oxygens (including phenoxy) is 1. The van der Waals surface area contributed by atoms with Crippen LogP contribution in [-0.2, 0) is 11.0 Å². The van der Waals surface area contributed by atoms with Gasteiger partial charge in [0, 0.05) is 6.04 Å². The Morgan fingerprint density at radius 3 is 2.31 bits per heavy atom. The largest absolute Gasteiger partial charge is 0.496 e. The van der Waals surface area contributed by atoms with Gasteiger partial charge in [0.15, 0.2) is 11.5 Å². The van der Waals surface area contributed by atoms with Crippen molar-refractivity contribution in [3.8, 4) is 5.75 Å². The molecule has 1 heterocycles. The smallest absolute Gasteiger partial charge is 0.433 e. The molecule has 0 spiro atoms. The maximum Gasteiger partial charge on any atom is 0.433 e. The van der Waals surface area contributed by atoms with E-state index in [2.05, 4.69) is 18.9 Å². The van der Waals surface area contributed by atoms with Crippen molar-refractivity contribution < 1.29 is 37.4 Å². The molecular formula is C30H35ClF3N3O5. The molecule has 3 atom stereocenters. The van der Waals surface area contributed by atoms with Crippen LogP contribution in [0, 0.1) is 22.7 Å². The van der Waals surface area contributed by atoms with Crippen LogP contribution in [0.15, 0.2) is 24.4 Å². The molecule has 228 valence electrons. The number of carboxylic acids is 1. The zero-order valence-electron chi connectivity index (χ0n) is 24.0. The molecule has 0 saturated heterocycles. The zero-order chi connectivity index (χ0) is 30.8. The van der Waals surface area contributed by atoms with Crippen molar-refractivity contribution in [2.75, 3.05) is 13.7 Å². The lowest BCUT2D eigenvalue weighted by Gasteiger charge is -2.35. The number of benzene rings is 1. The number of carbonyl (C=O) groups is 3. The number of Topliss-reactive ketones (excluding diaryl/α,β-unsaturated/α-hetero) is 1. The van der Waals surface area contributed by atoms with Gasteiger partial charge in [-0.15, -0.1) is 0 Å². The van der Waals surface area contributed by atoms with Crippen LogP contribution in [0.25, 0.3) is 0 Å². The Morgan fingerprint density at radius 1 is 1.14 bits per heavy atom. The second-order valence-corrected chi connectivity index (χ2v) is 13.2. The zero-order valence-corrected chi connectivity index (χ0v) is 24.8. The van der Waals surface area contributed by atoms with E-state index in [-0.39, 0.29) is 47.4 Å². The standard InChI is InChI=1S/C30H35ClF3N3O5/c1-28(2)19-12-17(13-20(19)28)36(15-22(38)24-21(31)6-5-7-23(24)42-4)26(39)18-14-35-37(25(18)30(32,33)34)16-8-10-29(3,11-9-16)27(40)41/h5-7,14,16-17,19-20H,8-13,15H2,1-4H3,(H,40,41)/t16?,17-,19+,20-,29?. The van der Waals surface area contributed by atoms with E-state index in [9.17, 15) is 32.7 Å². The number of amides is 1. The molecule has 3 aliphatic rings. The third-order valence-electron chi connectivity index (χ3n) is 10.0. The third-order valence-corrected chi connectivity index (χ3v) is 10.4. The second-order valence-electron chi connectivity index (χ2n) is 12.8. The maximum absolute atomic E-state index is 14.6. The van der Waals surface area contributed by atoms with Gasteiger partial charge in [-0.2, -0.15) is 18.3 Å². The summed E-state index contributed by atoms with van der Waals surface area (Å²) in [7, 11) is 1.38. The summed E-state index contributed by atoms with van der Waals surface area (Å²) in [6, 6.07) is 3.56. The van der Waals surface area contributed by atoms with Crippen molar-refractivity contribution in [3.05, 3.63) is 46.2 Å². The van der Waals surface area contributed by atoms with Gasteiger partial charge in [0.2, 0.25) is 0 Å². The van der Waals surface area contributed by atoms with E-state index in [0.717, 1.165) is 10.9 Å². The molecule has 2 aromatic rings. The van der Waals surface area contributed by atoms with Gasteiger partial charge in [-0.3, -0.25) is 19.1 Å². The van der Waals surface area contributed by atoms with Crippen LogP contribution >= 0.6 is 11.6 Å². The Balaban J connectivity index is 1.48. The number of methoxy groups -OCH3 is 1. The number of hydrogen-bond donors (Lipinski definition) is 1. The Labute approximate surface area is 247 Å². The lowest BCUT2D eigenvalue weighted by atomic mass is 9.74. The Bertz CT molecular complexity index is 1400. The number of halogens is 4. The van der Waals surface area contributed by atoms with Crippen LogP contribution in [0.5, 0.6) is 5.75 Å². The highest BCUT2D eigenvalue weighted by Crippen LogP contribution is 2.67. The number of alkyl halides is 3. The van der Waals surface area contributed by atoms with Crippen LogP contribution in [0.2, 0.25) is 5.02 Å². The van der Waals surface area contributed by atoms with Crippen molar-refractivity contribution in [3.63, 3.8) is 0 Å². The topological polar surface area (TPSA) is 102 Å². The number of aromatic nitrogens is 2. The first-order valence-electron chi connectivity index (χ1n) is 14.1. The van der Waals surface area contributed by atoms with E-state index in [0.29, 0.717) is 24.7 Å². The molecule has 8 nitrogen and oxygen atoms in total. The normalized spacial score (nSPS) is 28.2. The summed E-state index contributed by atoms with van der Waals surface area (Å²) in [5.41, 5.74) is -2.65. The lowest BCUT2D eigenvalue weighted by molar-refractivity contribution is -0.152. The molecule has 1 aromatic carbocycles. The molecule has 1 aromatic heterocycles. The van der Waals surface area contributed by atoms with Gasteiger partial charge >= 0.3 is 12.1 Å². The first-order valence-corrected chi connectivity index (χ1v) is 14.5. The number of hydrogen-bond acceptors (Lipinski definition) is 5. The molecule has 12 heteroatoms. The highest BCUT2D eigenvalue weighted by molar-refractivity contribution is 6.34. The number of nitrogens with zero attached hydrogens (tertiary/aromatic N) is 3. The summed E-state index contributed by atoms with van der Waals surface area (Å²) in [4.78, 5) is 40.5. The minimum atomic E-state index is -4.91. The maximum atomic E-state index is 14.6. The Kier molecular flexibility index (Phi) is 7.65. The molecular weight excluding hydrogens is 575 g/mol. The van der Waals surface area contributed by atoms with Crippen molar-refractivity contribution >= 4 is 29.3 Å². The number of carbonyl (C=O) groups excluding carboxylic acids is 2. The highest BCUT2D eigenvalue weighted by atomic mass is 35.5. The summed E-state index contributed by atoms with van der Waals surface area (Å²) in [6.07, 6.45) is -2.07. The van der Waals surface area contributed by atoms with Crippen molar-refractivity contribution in [1.82, 2.24) is 14.7 Å². The molecule has 0 aliphatic heterocycles. The average molecular weight is 610 g/mol. The van der Waals surface area contributed by atoms with Gasteiger partial charge < -0.3 is 14.7 Å². The molecule has 1 amide bonds. The van der Waals surface area contributed by atoms with Gasteiger partial charge in [-0.05, 0) is 74.8 Å². The van der Waals surface area contributed by atoms with E-state index in [1.54, 1.807) is 19.1 Å². The number of fused-ring (bicyclic) bond motifs is 1. The fourth-order valence-electron chi connectivity index (χ4n) is 7.21. The predicted octanol–water partition coefficient (Wildman–Crippen LogP) is 6.53. The van der Waals surface area contributed by atoms with Gasteiger partial charge in [0.1, 0.15) is 5.75 Å². The summed E-state index contributed by atoms with van der Waals surface area (Å²) >= 11 is 6.32. The average Bonchev–Trinajstić information content (AvgIpc) is 3.35. The van der Waals surface area contributed by atoms with Crippen LogP contribution in [0.4, 0.5) is 13.2 Å². The minimum absolute atomic E-state index is 0.0679. The number of ketones is 1. The Morgan fingerprint density at radius 2 is 1.76 bits per heavy atom. The van der Waals surface area contributed by atoms with Gasteiger partial charge in [-0.25, -0.2) is 0 Å². The molecule has 3 fully saturated rings. The minimum Gasteiger partial charge on any atom is -0.496 e. The molecule has 0 bridgehead atoms. The van der Waals surface area contributed by atoms with Crippen LogP contribution in [-0.4, -0.2) is 57.1 Å². The first kappa shape index (κ1) is 30.4. The van der Waals surface area contributed by atoms with E-state index >= 15 is 0 Å². The van der Waals surface area contributed by atoms with Crippen LogP contribution in [0.3, 0.4) is 0 Å². The third kappa shape index (κ3) is 5.18. The van der Waals surface area contributed by atoms with E-state index < -0.39 is 59.1 Å². The predicted molar refractivity (Wildman–Crippen MR) is 148 cm³/mol. The van der Waals surface area contributed by atoms with Gasteiger partial charge in [0.25, 0.3) is 5.91 Å². The molecule has 3 aliphatic carbocycles. The van der Waals surface area contributed by atoms with Crippen molar-refractivity contribution in [2.45, 2.75) is 77.6 Å². The summed E-state index contributed by atoms with van der Waals surface area (Å²) in [5.74, 6) is -1.59. The molecule has 0 unspecified atom stereocenters. The number of rotatable bonds is 8.